The maximum atomic E-state index is 5.41. The number of nitrogens with zero attached hydrogens (tertiary/aromatic N) is 1. The summed E-state index contributed by atoms with van der Waals surface area (Å²) < 4.78 is 0. The van der Waals surface area contributed by atoms with Gasteiger partial charge in [-0.05, 0) is 36.8 Å². The number of aryl methyl sites for hydroxylation is 1. The third-order valence-electron chi connectivity index (χ3n) is 2.87. The summed E-state index contributed by atoms with van der Waals surface area (Å²) in [5, 5.41) is 3.96. The number of nitrogens with one attached hydrogen (secondary N) is 1. The van der Waals surface area contributed by atoms with Crippen LogP contribution in [0.1, 0.15) is 11.1 Å². The fourth-order valence-electron chi connectivity index (χ4n) is 1.90. The van der Waals surface area contributed by atoms with Crippen molar-refractivity contribution in [2.24, 2.45) is 0 Å². The van der Waals surface area contributed by atoms with Crippen molar-refractivity contribution in [3.05, 3.63) is 65.7 Å². The summed E-state index contributed by atoms with van der Waals surface area (Å²) in [5.74, 6) is 0. The number of thiocarbonyl (C=S) groups is 1. The highest BCUT2D eigenvalue weighted by molar-refractivity contribution is 7.80. The van der Waals surface area contributed by atoms with Gasteiger partial charge in [-0.3, -0.25) is 0 Å². The molecule has 2 aromatic carbocycles. The molecule has 0 aliphatic rings. The standard InChI is InChI=1S/C16H18N2S/c1-13-7-6-8-14(11-13)12-18(2)16(19)17-15-9-4-3-5-10-15/h3-11H,12H2,1-2H3,(H,17,19). The highest BCUT2D eigenvalue weighted by Crippen LogP contribution is 2.10. The number of para-hydroxylation sites is 1. The third-order valence-corrected chi connectivity index (χ3v) is 3.29. The number of rotatable bonds is 3. The predicted octanol–water partition coefficient (Wildman–Crippen LogP) is 3.82. The molecule has 2 rings (SSSR count). The van der Waals surface area contributed by atoms with Crippen LogP contribution in [0.4, 0.5) is 5.69 Å². The number of benzene rings is 2. The average molecular weight is 270 g/mol. The molecule has 1 N–H and O–H groups in total. The number of hydrogen-bond acceptors (Lipinski definition) is 1. The minimum atomic E-state index is 0.729. The first-order valence-corrected chi connectivity index (χ1v) is 6.69. The van der Waals surface area contributed by atoms with Gasteiger partial charge in [-0.15, -0.1) is 0 Å². The lowest BCUT2D eigenvalue weighted by molar-refractivity contribution is 0.508. The Labute approximate surface area is 120 Å². The van der Waals surface area contributed by atoms with Crippen LogP contribution >= 0.6 is 12.2 Å². The van der Waals surface area contributed by atoms with Crippen molar-refractivity contribution in [3.63, 3.8) is 0 Å². The molecule has 0 fully saturated rings. The van der Waals surface area contributed by atoms with Gasteiger partial charge in [-0.1, -0.05) is 48.0 Å². The van der Waals surface area contributed by atoms with Crippen molar-refractivity contribution in [3.8, 4) is 0 Å². The van der Waals surface area contributed by atoms with Crippen LogP contribution < -0.4 is 5.32 Å². The zero-order chi connectivity index (χ0) is 13.7. The highest BCUT2D eigenvalue weighted by Gasteiger charge is 2.05. The van der Waals surface area contributed by atoms with Gasteiger partial charge in [0.15, 0.2) is 5.11 Å². The zero-order valence-corrected chi connectivity index (χ0v) is 12.1. The molecular formula is C16H18N2S. The topological polar surface area (TPSA) is 15.3 Å². The lowest BCUT2D eigenvalue weighted by atomic mass is 10.1. The monoisotopic (exact) mass is 270 g/mol. The van der Waals surface area contributed by atoms with Gasteiger partial charge < -0.3 is 10.2 Å². The Morgan fingerprint density at radius 3 is 2.53 bits per heavy atom. The quantitative estimate of drug-likeness (QED) is 0.854. The molecule has 0 aliphatic heterocycles. The summed E-state index contributed by atoms with van der Waals surface area (Å²) in [5.41, 5.74) is 3.55. The summed E-state index contributed by atoms with van der Waals surface area (Å²) in [6.07, 6.45) is 0. The van der Waals surface area contributed by atoms with Crippen molar-refractivity contribution in [1.29, 1.82) is 0 Å². The van der Waals surface area contributed by atoms with E-state index in [0.29, 0.717) is 0 Å². The molecule has 0 unspecified atom stereocenters. The van der Waals surface area contributed by atoms with Crippen molar-refractivity contribution >= 4 is 23.0 Å². The summed E-state index contributed by atoms with van der Waals surface area (Å²) >= 11 is 5.41. The molecule has 0 saturated heterocycles. The summed E-state index contributed by atoms with van der Waals surface area (Å²) in [6.45, 7) is 2.91. The molecular weight excluding hydrogens is 252 g/mol. The molecule has 19 heavy (non-hydrogen) atoms. The van der Waals surface area contributed by atoms with Crippen LogP contribution in [-0.4, -0.2) is 17.1 Å². The van der Waals surface area contributed by atoms with Gasteiger partial charge in [0.25, 0.3) is 0 Å². The third kappa shape index (κ3) is 4.07. The van der Waals surface area contributed by atoms with E-state index >= 15 is 0 Å². The molecule has 2 nitrogen and oxygen atoms in total. The molecule has 3 heteroatoms. The maximum absolute atomic E-state index is 5.41. The van der Waals surface area contributed by atoms with Crippen LogP contribution in [0.15, 0.2) is 54.6 Å². The minimum absolute atomic E-state index is 0.729. The van der Waals surface area contributed by atoms with E-state index in [1.807, 2.05) is 42.3 Å². The van der Waals surface area contributed by atoms with E-state index in [0.717, 1.165) is 17.3 Å². The second-order valence-corrected chi connectivity index (χ2v) is 5.03. The van der Waals surface area contributed by atoms with Gasteiger partial charge in [0, 0.05) is 19.3 Å². The van der Waals surface area contributed by atoms with Crippen molar-refractivity contribution in [1.82, 2.24) is 4.90 Å². The largest absolute Gasteiger partial charge is 0.348 e. The first-order chi connectivity index (χ1) is 9.15. The Kier molecular flexibility index (Phi) is 4.53. The first-order valence-electron chi connectivity index (χ1n) is 6.28. The van der Waals surface area contributed by atoms with Crippen LogP contribution in [-0.2, 0) is 6.54 Å². The van der Waals surface area contributed by atoms with E-state index in [4.69, 9.17) is 12.2 Å². The van der Waals surface area contributed by atoms with Crippen LogP contribution in [0.3, 0.4) is 0 Å². The fourth-order valence-corrected chi connectivity index (χ4v) is 2.08. The molecule has 0 saturated carbocycles. The number of hydrogen-bond donors (Lipinski definition) is 1. The lowest BCUT2D eigenvalue weighted by Gasteiger charge is -2.21. The first kappa shape index (κ1) is 13.6. The van der Waals surface area contributed by atoms with Gasteiger partial charge in [-0.25, -0.2) is 0 Å². The van der Waals surface area contributed by atoms with E-state index in [1.165, 1.54) is 11.1 Å². The van der Waals surface area contributed by atoms with Crippen molar-refractivity contribution < 1.29 is 0 Å². The predicted molar refractivity (Wildman–Crippen MR) is 85.3 cm³/mol. The molecule has 2 aromatic rings. The molecule has 0 aromatic heterocycles. The second-order valence-electron chi connectivity index (χ2n) is 4.64. The summed E-state index contributed by atoms with van der Waals surface area (Å²) in [7, 11) is 2.00. The van der Waals surface area contributed by atoms with Gasteiger partial charge in [-0.2, -0.15) is 0 Å². The molecule has 0 atom stereocenters. The molecule has 0 spiro atoms. The Balaban J connectivity index is 1.96. The zero-order valence-electron chi connectivity index (χ0n) is 11.3. The lowest BCUT2D eigenvalue weighted by Crippen LogP contribution is -2.30. The molecule has 0 aliphatic carbocycles. The van der Waals surface area contributed by atoms with Crippen LogP contribution in [0.5, 0.6) is 0 Å². The molecule has 0 radical (unpaired) electrons. The van der Waals surface area contributed by atoms with Gasteiger partial charge >= 0.3 is 0 Å². The minimum Gasteiger partial charge on any atom is -0.348 e. The van der Waals surface area contributed by atoms with Gasteiger partial charge in [0.05, 0.1) is 0 Å². The van der Waals surface area contributed by atoms with Crippen molar-refractivity contribution in [2.45, 2.75) is 13.5 Å². The van der Waals surface area contributed by atoms with Gasteiger partial charge in [0.1, 0.15) is 0 Å². The Morgan fingerprint density at radius 2 is 1.84 bits per heavy atom. The normalized spacial score (nSPS) is 10.0. The van der Waals surface area contributed by atoms with Gasteiger partial charge in [0.2, 0.25) is 0 Å². The van der Waals surface area contributed by atoms with E-state index in [1.54, 1.807) is 0 Å². The average Bonchev–Trinajstić information content (AvgIpc) is 2.40. The molecule has 0 heterocycles. The summed E-state index contributed by atoms with van der Waals surface area (Å²) in [6, 6.07) is 18.5. The molecule has 0 amide bonds. The van der Waals surface area contributed by atoms with E-state index in [2.05, 4.69) is 36.5 Å². The molecule has 0 bridgehead atoms. The number of anilines is 1. The van der Waals surface area contributed by atoms with Crippen LogP contribution in [0, 0.1) is 6.92 Å². The second kappa shape index (κ2) is 6.34. The fraction of sp³-hybridized carbons (Fsp3) is 0.188. The maximum Gasteiger partial charge on any atom is 0.173 e. The Bertz CT molecular complexity index is 552. The smallest absolute Gasteiger partial charge is 0.173 e. The Morgan fingerprint density at radius 1 is 1.11 bits per heavy atom. The summed E-state index contributed by atoms with van der Waals surface area (Å²) in [4.78, 5) is 2.04. The van der Waals surface area contributed by atoms with Crippen LogP contribution in [0.25, 0.3) is 0 Å². The molecule has 98 valence electrons. The van der Waals surface area contributed by atoms with E-state index in [-0.39, 0.29) is 0 Å². The van der Waals surface area contributed by atoms with Crippen molar-refractivity contribution in [2.75, 3.05) is 12.4 Å². The highest BCUT2D eigenvalue weighted by atomic mass is 32.1. The Hall–Kier alpha value is -1.87. The SMILES string of the molecule is Cc1cccc(CN(C)C(=S)Nc2ccccc2)c1. The van der Waals surface area contributed by atoms with Crippen LogP contribution in [0.2, 0.25) is 0 Å². The van der Waals surface area contributed by atoms with E-state index in [9.17, 15) is 0 Å². The van der Waals surface area contributed by atoms with E-state index < -0.39 is 0 Å².